The summed E-state index contributed by atoms with van der Waals surface area (Å²) in [7, 11) is 0. The SMILES string of the molecule is CC(C)(C)c1ccc2c(c1)N(c1ccc(-c3cccc4c3-c3ccccc3C4(C)C)cc1)c1cc(C(C)(C)C)cc3c1B2c1ccc(C(C)(C)C)cc1N3c1ccc2c(c1)oc1ccccc12. The highest BCUT2D eigenvalue weighted by Gasteiger charge is 2.45. The first kappa shape index (κ1) is 41.6. The molecule has 0 amide bonds. The van der Waals surface area contributed by atoms with Gasteiger partial charge in [0.1, 0.15) is 11.2 Å². The molecule has 8 aromatic carbocycles. The van der Waals surface area contributed by atoms with Gasteiger partial charge in [-0.2, -0.15) is 0 Å². The van der Waals surface area contributed by atoms with Gasteiger partial charge in [0, 0.05) is 56.4 Å². The Bertz CT molecular complexity index is 3510. The molecule has 0 bridgehead atoms. The van der Waals surface area contributed by atoms with Gasteiger partial charge in [0.15, 0.2) is 0 Å². The summed E-state index contributed by atoms with van der Waals surface area (Å²) in [5, 5.41) is 2.28. The molecule has 0 atom stereocenters. The first-order valence-electron chi connectivity index (χ1n) is 24.2. The van der Waals surface area contributed by atoms with E-state index in [9.17, 15) is 0 Å². The van der Waals surface area contributed by atoms with Crippen molar-refractivity contribution in [3.8, 4) is 22.3 Å². The molecule has 0 spiro atoms. The van der Waals surface area contributed by atoms with Crippen molar-refractivity contribution in [3.63, 3.8) is 0 Å². The maximum absolute atomic E-state index is 6.61. The van der Waals surface area contributed by atoms with Gasteiger partial charge >= 0.3 is 0 Å². The lowest BCUT2D eigenvalue weighted by Gasteiger charge is -2.45. The highest BCUT2D eigenvalue weighted by Crippen LogP contribution is 2.53. The maximum atomic E-state index is 6.61. The van der Waals surface area contributed by atoms with Gasteiger partial charge in [-0.25, -0.2) is 0 Å². The number of benzene rings is 8. The number of rotatable bonds is 3. The summed E-state index contributed by atoms with van der Waals surface area (Å²) >= 11 is 0. The number of fused-ring (bicyclic) bond motifs is 10. The van der Waals surface area contributed by atoms with E-state index in [4.69, 9.17) is 4.42 Å². The van der Waals surface area contributed by atoms with Gasteiger partial charge in [0.05, 0.1) is 0 Å². The lowest BCUT2D eigenvalue weighted by molar-refractivity contribution is 0.590. The maximum Gasteiger partial charge on any atom is 0.252 e. The van der Waals surface area contributed by atoms with Gasteiger partial charge < -0.3 is 14.2 Å². The molecule has 3 nitrogen and oxygen atoms in total. The fraction of sp³-hybridized carbons (Fsp3) is 0.238. The molecule has 0 saturated heterocycles. The molecule has 1 aromatic heterocycles. The van der Waals surface area contributed by atoms with Crippen molar-refractivity contribution in [2.45, 2.75) is 97.8 Å². The fourth-order valence-electron chi connectivity index (χ4n) is 11.6. The van der Waals surface area contributed by atoms with Gasteiger partial charge in [-0.1, -0.05) is 173 Å². The first-order chi connectivity index (χ1) is 31.9. The molecule has 0 radical (unpaired) electrons. The summed E-state index contributed by atoms with van der Waals surface area (Å²) < 4.78 is 6.61. The highest BCUT2D eigenvalue weighted by atomic mass is 16.3. The minimum absolute atomic E-state index is 0.0177. The second kappa shape index (κ2) is 14.1. The zero-order valence-electron chi connectivity index (χ0n) is 40.9. The summed E-state index contributed by atoms with van der Waals surface area (Å²) in [5.74, 6) is 0. The van der Waals surface area contributed by atoms with E-state index in [1.165, 1.54) is 89.2 Å². The molecule has 2 aliphatic heterocycles. The zero-order valence-corrected chi connectivity index (χ0v) is 40.9. The van der Waals surface area contributed by atoms with E-state index < -0.39 is 0 Å². The molecule has 9 aromatic rings. The molecule has 0 N–H and O–H groups in total. The van der Waals surface area contributed by atoms with E-state index in [2.05, 4.69) is 244 Å². The van der Waals surface area contributed by atoms with E-state index in [0.717, 1.165) is 33.3 Å². The Morgan fingerprint density at radius 1 is 0.433 bits per heavy atom. The molecule has 3 aliphatic rings. The third kappa shape index (κ3) is 6.25. The third-order valence-corrected chi connectivity index (χ3v) is 15.3. The monoisotopic (exact) mass is 870 g/mol. The van der Waals surface area contributed by atoms with E-state index in [1.807, 2.05) is 0 Å². The van der Waals surface area contributed by atoms with Crippen molar-refractivity contribution < 1.29 is 4.42 Å². The summed E-state index contributed by atoms with van der Waals surface area (Å²) in [6.45, 7) is 25.8. The number of para-hydroxylation sites is 1. The highest BCUT2D eigenvalue weighted by molar-refractivity contribution is 7.00. The van der Waals surface area contributed by atoms with Crippen LogP contribution in [-0.2, 0) is 21.7 Å². The van der Waals surface area contributed by atoms with E-state index >= 15 is 0 Å². The van der Waals surface area contributed by atoms with Crippen LogP contribution in [0.25, 0.3) is 44.2 Å². The Morgan fingerprint density at radius 2 is 0.955 bits per heavy atom. The van der Waals surface area contributed by atoms with Crippen LogP contribution in [0.2, 0.25) is 0 Å². The smallest absolute Gasteiger partial charge is 0.252 e. The van der Waals surface area contributed by atoms with Crippen molar-refractivity contribution in [1.82, 2.24) is 0 Å². The first-order valence-corrected chi connectivity index (χ1v) is 24.2. The van der Waals surface area contributed by atoms with Crippen molar-refractivity contribution in [3.05, 3.63) is 186 Å². The summed E-state index contributed by atoms with van der Waals surface area (Å²) in [4.78, 5) is 5.13. The Kier molecular flexibility index (Phi) is 8.78. The van der Waals surface area contributed by atoms with Crippen molar-refractivity contribution >= 4 is 79.2 Å². The lowest BCUT2D eigenvalue weighted by atomic mass is 9.33. The van der Waals surface area contributed by atoms with Crippen LogP contribution in [0.1, 0.15) is 104 Å². The molecule has 0 unspecified atom stereocenters. The molecule has 3 heterocycles. The lowest BCUT2D eigenvalue weighted by Crippen LogP contribution is -2.61. The third-order valence-electron chi connectivity index (χ3n) is 15.3. The van der Waals surface area contributed by atoms with Gasteiger partial charge in [0.25, 0.3) is 6.71 Å². The minimum atomic E-state index is -0.135. The molecular weight excluding hydrogens is 812 g/mol. The van der Waals surface area contributed by atoms with E-state index in [0.29, 0.717) is 0 Å². The van der Waals surface area contributed by atoms with Crippen LogP contribution in [0, 0.1) is 0 Å². The predicted molar refractivity (Wildman–Crippen MR) is 287 cm³/mol. The standard InChI is InChI=1S/C63H59BN2O/c1-60(2,3)39-25-31-50-52(33-39)65(42-27-23-38(24-28-42)44-19-16-21-49-58(44)47-18-12-14-20-48(47)63(49,10)11)54-35-41(62(7,8)9)36-55-59(54)64(50)51-32-26-40(61(4,5)6)34-53(51)66(55)43-29-30-46-45-17-13-15-22-56(45)67-57(46)37-43/h12-37H,1-11H3. The van der Waals surface area contributed by atoms with Gasteiger partial charge in [-0.15, -0.1) is 0 Å². The molecule has 0 fully saturated rings. The molecule has 330 valence electrons. The molecule has 4 heteroatoms. The minimum Gasteiger partial charge on any atom is -0.456 e. The zero-order chi connectivity index (χ0) is 46.5. The van der Waals surface area contributed by atoms with Crippen LogP contribution in [-0.4, -0.2) is 6.71 Å². The van der Waals surface area contributed by atoms with Crippen molar-refractivity contribution in [2.75, 3.05) is 9.80 Å². The van der Waals surface area contributed by atoms with Crippen LogP contribution in [0.5, 0.6) is 0 Å². The van der Waals surface area contributed by atoms with Crippen LogP contribution < -0.4 is 26.2 Å². The molecule has 1 aliphatic carbocycles. The topological polar surface area (TPSA) is 19.6 Å². The number of hydrogen-bond acceptors (Lipinski definition) is 3. The predicted octanol–water partition coefficient (Wildman–Crippen LogP) is 15.5. The second-order valence-electron chi connectivity index (χ2n) is 23.1. The summed E-state index contributed by atoms with van der Waals surface area (Å²) in [5.41, 5.74) is 24.6. The van der Waals surface area contributed by atoms with Crippen LogP contribution in [0.15, 0.2) is 162 Å². The Balaban J connectivity index is 1.12. The Labute approximate surface area is 397 Å². The average molecular weight is 871 g/mol. The van der Waals surface area contributed by atoms with Crippen LogP contribution in [0.3, 0.4) is 0 Å². The number of anilines is 6. The number of furan rings is 1. The number of nitrogens with zero attached hydrogens (tertiary/aromatic N) is 2. The van der Waals surface area contributed by atoms with E-state index in [1.54, 1.807) is 0 Å². The average Bonchev–Trinajstić information content (AvgIpc) is 3.78. The molecule has 0 saturated carbocycles. The Morgan fingerprint density at radius 3 is 1.60 bits per heavy atom. The Hall–Kier alpha value is -6.78. The van der Waals surface area contributed by atoms with Gasteiger partial charge in [-0.05, 0) is 137 Å². The summed E-state index contributed by atoms with van der Waals surface area (Å²) in [6.07, 6.45) is 0. The largest absolute Gasteiger partial charge is 0.456 e. The molecule has 67 heavy (non-hydrogen) atoms. The van der Waals surface area contributed by atoms with Gasteiger partial charge in [0.2, 0.25) is 0 Å². The normalized spacial score (nSPS) is 14.8. The van der Waals surface area contributed by atoms with Crippen molar-refractivity contribution in [2.24, 2.45) is 0 Å². The molecule has 12 rings (SSSR count). The fourth-order valence-corrected chi connectivity index (χ4v) is 11.6. The van der Waals surface area contributed by atoms with Gasteiger partial charge in [-0.3, -0.25) is 0 Å². The van der Waals surface area contributed by atoms with Crippen LogP contribution in [0.4, 0.5) is 34.1 Å². The van der Waals surface area contributed by atoms with Crippen LogP contribution >= 0.6 is 0 Å². The van der Waals surface area contributed by atoms with E-state index in [-0.39, 0.29) is 28.4 Å². The quantitative estimate of drug-likeness (QED) is 0.165. The second-order valence-corrected chi connectivity index (χ2v) is 23.1. The summed E-state index contributed by atoms with van der Waals surface area (Å²) in [6, 6.07) is 60.1. The number of hydrogen-bond donors (Lipinski definition) is 0. The molecular formula is C63H59BN2O. The van der Waals surface area contributed by atoms with Crippen molar-refractivity contribution in [1.29, 1.82) is 0 Å².